The molecule has 3 heteroatoms. The maximum absolute atomic E-state index is 12.3. The Hall–Kier alpha value is -1.35. The van der Waals surface area contributed by atoms with Gasteiger partial charge >= 0.3 is 0 Å². The standard InChI is InChI=1S/C14H17NO2/c16-14(15-6-8-17-9-7-15)13-3-1-2-12(10-13)11-4-5-11/h1-3,10-11H,4-9H2. The predicted octanol–water partition coefficient (Wildman–Crippen LogP) is 2.04. The van der Waals surface area contributed by atoms with Crippen molar-refractivity contribution < 1.29 is 9.53 Å². The highest BCUT2D eigenvalue weighted by Gasteiger charge is 2.25. The van der Waals surface area contributed by atoms with Gasteiger partial charge in [0.2, 0.25) is 0 Å². The first-order valence-electron chi connectivity index (χ1n) is 6.31. The zero-order valence-electron chi connectivity index (χ0n) is 9.89. The van der Waals surface area contributed by atoms with Crippen molar-refractivity contribution in [3.63, 3.8) is 0 Å². The third kappa shape index (κ3) is 2.34. The molecule has 0 N–H and O–H groups in total. The van der Waals surface area contributed by atoms with E-state index in [1.807, 2.05) is 17.0 Å². The second kappa shape index (κ2) is 4.49. The number of hydrogen-bond acceptors (Lipinski definition) is 2. The van der Waals surface area contributed by atoms with Gasteiger partial charge < -0.3 is 9.64 Å². The fourth-order valence-electron chi connectivity index (χ4n) is 2.29. The van der Waals surface area contributed by atoms with Gasteiger partial charge in [-0.1, -0.05) is 12.1 Å². The van der Waals surface area contributed by atoms with Gasteiger partial charge in [-0.15, -0.1) is 0 Å². The van der Waals surface area contributed by atoms with Crippen molar-refractivity contribution >= 4 is 5.91 Å². The van der Waals surface area contributed by atoms with E-state index >= 15 is 0 Å². The van der Waals surface area contributed by atoms with Gasteiger partial charge in [-0.3, -0.25) is 4.79 Å². The Kier molecular flexibility index (Phi) is 2.85. The lowest BCUT2D eigenvalue weighted by atomic mass is 10.1. The topological polar surface area (TPSA) is 29.5 Å². The smallest absolute Gasteiger partial charge is 0.254 e. The maximum Gasteiger partial charge on any atom is 0.254 e. The first-order chi connectivity index (χ1) is 8.34. The van der Waals surface area contributed by atoms with Crippen molar-refractivity contribution in [3.8, 4) is 0 Å². The molecule has 3 nitrogen and oxygen atoms in total. The molecule has 2 aliphatic rings. The van der Waals surface area contributed by atoms with E-state index in [2.05, 4.69) is 12.1 Å². The Morgan fingerprint density at radius 1 is 1.24 bits per heavy atom. The summed E-state index contributed by atoms with van der Waals surface area (Å²) in [5.74, 6) is 0.850. The average Bonchev–Trinajstić information content (AvgIpc) is 3.23. The van der Waals surface area contributed by atoms with Crippen molar-refractivity contribution in [3.05, 3.63) is 35.4 Å². The third-order valence-corrected chi connectivity index (χ3v) is 3.48. The molecule has 0 bridgehead atoms. The molecule has 0 aromatic heterocycles. The van der Waals surface area contributed by atoms with Gasteiger partial charge in [0.1, 0.15) is 0 Å². The second-order valence-electron chi connectivity index (χ2n) is 4.80. The molecule has 1 heterocycles. The van der Waals surface area contributed by atoms with Crippen LogP contribution < -0.4 is 0 Å². The van der Waals surface area contributed by atoms with Crippen LogP contribution in [-0.4, -0.2) is 37.1 Å². The van der Waals surface area contributed by atoms with Crippen molar-refractivity contribution in [2.24, 2.45) is 0 Å². The van der Waals surface area contributed by atoms with Crippen molar-refractivity contribution in [1.82, 2.24) is 4.90 Å². The Bertz CT molecular complexity index is 420. The van der Waals surface area contributed by atoms with Crippen LogP contribution in [0.4, 0.5) is 0 Å². The Morgan fingerprint density at radius 2 is 2.00 bits per heavy atom. The van der Waals surface area contributed by atoms with Crippen LogP contribution in [0.25, 0.3) is 0 Å². The quantitative estimate of drug-likeness (QED) is 0.779. The van der Waals surface area contributed by atoms with E-state index in [9.17, 15) is 4.79 Å². The van der Waals surface area contributed by atoms with Crippen molar-refractivity contribution in [2.45, 2.75) is 18.8 Å². The molecule has 1 amide bonds. The minimum Gasteiger partial charge on any atom is -0.378 e. The molecule has 1 aliphatic carbocycles. The SMILES string of the molecule is O=C(c1cccc(C2CC2)c1)N1CCOCC1. The Balaban J connectivity index is 1.77. The van der Waals surface area contributed by atoms with Gasteiger partial charge in [0.15, 0.2) is 0 Å². The molecule has 2 fully saturated rings. The lowest BCUT2D eigenvalue weighted by Crippen LogP contribution is -2.40. The van der Waals surface area contributed by atoms with Crippen LogP contribution in [0.1, 0.15) is 34.7 Å². The second-order valence-corrected chi connectivity index (χ2v) is 4.80. The number of hydrogen-bond donors (Lipinski definition) is 0. The first-order valence-corrected chi connectivity index (χ1v) is 6.31. The molecular weight excluding hydrogens is 214 g/mol. The molecule has 1 saturated carbocycles. The van der Waals surface area contributed by atoms with Gasteiger partial charge in [-0.05, 0) is 36.5 Å². The number of carbonyl (C=O) groups is 1. The van der Waals surface area contributed by atoms with Crippen molar-refractivity contribution in [1.29, 1.82) is 0 Å². The van der Waals surface area contributed by atoms with E-state index in [-0.39, 0.29) is 5.91 Å². The minimum absolute atomic E-state index is 0.149. The Labute approximate surface area is 101 Å². The van der Waals surface area contributed by atoms with Crippen LogP contribution in [0.3, 0.4) is 0 Å². The van der Waals surface area contributed by atoms with Gasteiger partial charge in [0.05, 0.1) is 13.2 Å². The van der Waals surface area contributed by atoms with E-state index in [4.69, 9.17) is 4.74 Å². The van der Waals surface area contributed by atoms with Crippen molar-refractivity contribution in [2.75, 3.05) is 26.3 Å². The lowest BCUT2D eigenvalue weighted by Gasteiger charge is -2.27. The summed E-state index contributed by atoms with van der Waals surface area (Å²) in [7, 11) is 0. The maximum atomic E-state index is 12.3. The summed E-state index contributed by atoms with van der Waals surface area (Å²) in [5.41, 5.74) is 2.15. The Morgan fingerprint density at radius 3 is 2.71 bits per heavy atom. The molecule has 0 atom stereocenters. The molecule has 0 unspecified atom stereocenters. The highest BCUT2D eigenvalue weighted by molar-refractivity contribution is 5.94. The highest BCUT2D eigenvalue weighted by Crippen LogP contribution is 2.40. The summed E-state index contributed by atoms with van der Waals surface area (Å²) in [6.07, 6.45) is 2.55. The summed E-state index contributed by atoms with van der Waals surface area (Å²) in [4.78, 5) is 14.1. The molecule has 1 aliphatic heterocycles. The van der Waals surface area contributed by atoms with Crippen LogP contribution >= 0.6 is 0 Å². The number of rotatable bonds is 2. The molecular formula is C14H17NO2. The summed E-state index contributed by atoms with van der Waals surface area (Å²) in [6.45, 7) is 2.75. The average molecular weight is 231 g/mol. The molecule has 0 spiro atoms. The van der Waals surface area contributed by atoms with Gasteiger partial charge in [-0.2, -0.15) is 0 Å². The first kappa shape index (κ1) is 10.8. The van der Waals surface area contributed by atoms with Crippen LogP contribution in [0.2, 0.25) is 0 Å². The van der Waals surface area contributed by atoms with Gasteiger partial charge in [0, 0.05) is 18.7 Å². The van der Waals surface area contributed by atoms with Crippen LogP contribution in [0.5, 0.6) is 0 Å². The molecule has 90 valence electrons. The zero-order chi connectivity index (χ0) is 11.7. The lowest BCUT2D eigenvalue weighted by molar-refractivity contribution is 0.0303. The van der Waals surface area contributed by atoms with E-state index in [0.717, 1.165) is 5.56 Å². The zero-order valence-corrected chi connectivity index (χ0v) is 9.89. The molecule has 0 radical (unpaired) electrons. The molecule has 1 aromatic rings. The largest absolute Gasteiger partial charge is 0.378 e. The van der Waals surface area contributed by atoms with Gasteiger partial charge in [-0.25, -0.2) is 0 Å². The molecule has 1 saturated heterocycles. The number of nitrogens with zero attached hydrogens (tertiary/aromatic N) is 1. The van der Waals surface area contributed by atoms with E-state index in [0.29, 0.717) is 32.2 Å². The highest BCUT2D eigenvalue weighted by atomic mass is 16.5. The predicted molar refractivity (Wildman–Crippen MR) is 65.1 cm³/mol. The number of benzene rings is 1. The summed E-state index contributed by atoms with van der Waals surface area (Å²) < 4.78 is 5.26. The van der Waals surface area contributed by atoms with Crippen LogP contribution in [-0.2, 0) is 4.74 Å². The number of carbonyl (C=O) groups excluding carboxylic acids is 1. The van der Waals surface area contributed by atoms with E-state index < -0.39 is 0 Å². The fraction of sp³-hybridized carbons (Fsp3) is 0.500. The van der Waals surface area contributed by atoms with Crippen LogP contribution in [0.15, 0.2) is 24.3 Å². The fourth-order valence-corrected chi connectivity index (χ4v) is 2.29. The normalized spacial score (nSPS) is 20.4. The summed E-state index contributed by atoms with van der Waals surface area (Å²) in [6, 6.07) is 8.12. The monoisotopic (exact) mass is 231 g/mol. The third-order valence-electron chi connectivity index (χ3n) is 3.48. The number of ether oxygens (including phenoxy) is 1. The molecule has 3 rings (SSSR count). The molecule has 17 heavy (non-hydrogen) atoms. The summed E-state index contributed by atoms with van der Waals surface area (Å²) >= 11 is 0. The number of morpholine rings is 1. The minimum atomic E-state index is 0.149. The summed E-state index contributed by atoms with van der Waals surface area (Å²) in [5, 5.41) is 0. The van der Waals surface area contributed by atoms with Gasteiger partial charge in [0.25, 0.3) is 5.91 Å². The van der Waals surface area contributed by atoms with Crippen LogP contribution in [0, 0.1) is 0 Å². The molecule has 1 aromatic carbocycles. The number of amides is 1. The van der Waals surface area contributed by atoms with E-state index in [1.54, 1.807) is 0 Å². The van der Waals surface area contributed by atoms with E-state index in [1.165, 1.54) is 18.4 Å².